The van der Waals surface area contributed by atoms with Crippen molar-refractivity contribution in [2.75, 3.05) is 19.8 Å². The van der Waals surface area contributed by atoms with Crippen LogP contribution in [0.2, 0.25) is 0 Å². The summed E-state index contributed by atoms with van der Waals surface area (Å²) in [5.41, 5.74) is 1.20. The first kappa shape index (κ1) is 13.7. The van der Waals surface area contributed by atoms with E-state index in [9.17, 15) is 0 Å². The Morgan fingerprint density at radius 3 is 2.75 bits per heavy atom. The van der Waals surface area contributed by atoms with Gasteiger partial charge in [-0.15, -0.1) is 6.58 Å². The van der Waals surface area contributed by atoms with Gasteiger partial charge in [-0.2, -0.15) is 0 Å². The SMILES string of the molecule is C=C(C)CCOCCNC1CCCCC1C. The van der Waals surface area contributed by atoms with Crippen molar-refractivity contribution in [3.8, 4) is 0 Å². The second-order valence-corrected chi connectivity index (χ2v) is 5.14. The molecule has 1 rings (SSSR count). The maximum Gasteiger partial charge on any atom is 0.0591 e. The van der Waals surface area contributed by atoms with E-state index >= 15 is 0 Å². The molecule has 0 bridgehead atoms. The molecule has 0 aliphatic heterocycles. The van der Waals surface area contributed by atoms with E-state index in [0.29, 0.717) is 0 Å². The van der Waals surface area contributed by atoms with E-state index < -0.39 is 0 Å². The van der Waals surface area contributed by atoms with Gasteiger partial charge in [0.05, 0.1) is 13.2 Å². The van der Waals surface area contributed by atoms with Crippen molar-refractivity contribution in [3.63, 3.8) is 0 Å². The fourth-order valence-corrected chi connectivity index (χ4v) is 2.28. The number of ether oxygens (including phenoxy) is 1. The van der Waals surface area contributed by atoms with Gasteiger partial charge in [0.1, 0.15) is 0 Å². The van der Waals surface area contributed by atoms with Crippen LogP contribution in [0.15, 0.2) is 12.2 Å². The highest BCUT2D eigenvalue weighted by molar-refractivity contribution is 4.87. The van der Waals surface area contributed by atoms with Crippen LogP contribution in [-0.4, -0.2) is 25.8 Å². The summed E-state index contributed by atoms with van der Waals surface area (Å²) in [6.07, 6.45) is 6.51. The van der Waals surface area contributed by atoms with Crippen molar-refractivity contribution in [2.45, 2.75) is 52.0 Å². The Morgan fingerprint density at radius 2 is 2.06 bits per heavy atom. The van der Waals surface area contributed by atoms with Crippen LogP contribution >= 0.6 is 0 Å². The van der Waals surface area contributed by atoms with Gasteiger partial charge < -0.3 is 10.1 Å². The lowest BCUT2D eigenvalue weighted by molar-refractivity contribution is 0.131. The summed E-state index contributed by atoms with van der Waals surface area (Å²) >= 11 is 0. The maximum atomic E-state index is 5.55. The number of nitrogens with one attached hydrogen (secondary N) is 1. The van der Waals surface area contributed by atoms with Crippen LogP contribution in [0.5, 0.6) is 0 Å². The molecule has 1 saturated carbocycles. The highest BCUT2D eigenvalue weighted by Gasteiger charge is 2.19. The van der Waals surface area contributed by atoms with E-state index in [0.717, 1.165) is 38.1 Å². The molecule has 0 amide bonds. The van der Waals surface area contributed by atoms with Gasteiger partial charge in [0, 0.05) is 12.6 Å². The Labute approximate surface area is 100 Å². The summed E-state index contributed by atoms with van der Waals surface area (Å²) in [4.78, 5) is 0. The van der Waals surface area contributed by atoms with E-state index in [1.165, 1.54) is 31.3 Å². The molecule has 1 aliphatic carbocycles. The van der Waals surface area contributed by atoms with Gasteiger partial charge in [-0.25, -0.2) is 0 Å². The molecule has 2 heteroatoms. The minimum absolute atomic E-state index is 0.721. The molecule has 1 N–H and O–H groups in total. The molecule has 0 aromatic rings. The molecule has 0 aromatic heterocycles. The molecule has 1 fully saturated rings. The van der Waals surface area contributed by atoms with Crippen molar-refractivity contribution < 1.29 is 4.74 Å². The smallest absolute Gasteiger partial charge is 0.0591 e. The molecule has 0 aromatic carbocycles. The highest BCUT2D eigenvalue weighted by atomic mass is 16.5. The van der Waals surface area contributed by atoms with Crippen LogP contribution in [0.4, 0.5) is 0 Å². The Bertz CT molecular complexity index is 203. The summed E-state index contributed by atoms with van der Waals surface area (Å²) in [7, 11) is 0. The molecule has 2 unspecified atom stereocenters. The first-order valence-corrected chi connectivity index (χ1v) is 6.65. The maximum absolute atomic E-state index is 5.55. The fourth-order valence-electron chi connectivity index (χ4n) is 2.28. The van der Waals surface area contributed by atoms with Crippen molar-refractivity contribution in [1.82, 2.24) is 5.32 Å². The van der Waals surface area contributed by atoms with Gasteiger partial charge in [0.2, 0.25) is 0 Å². The van der Waals surface area contributed by atoms with Crippen molar-refractivity contribution >= 4 is 0 Å². The summed E-state index contributed by atoms with van der Waals surface area (Å²) in [5, 5.41) is 3.61. The first-order chi connectivity index (χ1) is 7.70. The van der Waals surface area contributed by atoms with Crippen molar-refractivity contribution in [1.29, 1.82) is 0 Å². The molecule has 2 nitrogen and oxygen atoms in total. The lowest BCUT2D eigenvalue weighted by Crippen LogP contribution is -2.38. The zero-order chi connectivity index (χ0) is 11.8. The monoisotopic (exact) mass is 225 g/mol. The molecule has 0 spiro atoms. The Hall–Kier alpha value is -0.340. The van der Waals surface area contributed by atoms with Gasteiger partial charge in [0.15, 0.2) is 0 Å². The lowest BCUT2D eigenvalue weighted by atomic mass is 9.86. The molecule has 94 valence electrons. The summed E-state index contributed by atoms with van der Waals surface area (Å²) < 4.78 is 5.55. The molecular formula is C14H27NO. The van der Waals surface area contributed by atoms with Crippen LogP contribution in [-0.2, 0) is 4.74 Å². The van der Waals surface area contributed by atoms with Crippen LogP contribution in [0, 0.1) is 5.92 Å². The second kappa shape index (κ2) is 7.86. The number of hydrogen-bond acceptors (Lipinski definition) is 2. The lowest BCUT2D eigenvalue weighted by Gasteiger charge is -2.29. The molecule has 1 aliphatic rings. The number of rotatable bonds is 7. The van der Waals surface area contributed by atoms with Crippen molar-refractivity contribution in [3.05, 3.63) is 12.2 Å². The third kappa shape index (κ3) is 5.66. The predicted molar refractivity (Wildman–Crippen MR) is 69.7 cm³/mol. The van der Waals surface area contributed by atoms with Crippen LogP contribution in [0.1, 0.15) is 46.0 Å². The highest BCUT2D eigenvalue weighted by Crippen LogP contribution is 2.23. The minimum atomic E-state index is 0.721. The Balaban J connectivity index is 1.95. The van der Waals surface area contributed by atoms with Crippen LogP contribution in [0.25, 0.3) is 0 Å². The van der Waals surface area contributed by atoms with Gasteiger partial charge in [0.25, 0.3) is 0 Å². The normalized spacial score (nSPS) is 25.6. The average Bonchev–Trinajstić information content (AvgIpc) is 2.25. The summed E-state index contributed by atoms with van der Waals surface area (Å²) in [6, 6.07) is 0.721. The van der Waals surface area contributed by atoms with E-state index in [1.807, 2.05) is 6.92 Å². The predicted octanol–water partition coefficient (Wildman–Crippen LogP) is 3.14. The Kier molecular flexibility index (Phi) is 6.74. The van der Waals surface area contributed by atoms with Crippen LogP contribution < -0.4 is 5.32 Å². The molecule has 0 heterocycles. The molecular weight excluding hydrogens is 198 g/mol. The second-order valence-electron chi connectivity index (χ2n) is 5.14. The minimum Gasteiger partial charge on any atom is -0.380 e. The fraction of sp³-hybridized carbons (Fsp3) is 0.857. The zero-order valence-electron chi connectivity index (χ0n) is 10.9. The summed E-state index contributed by atoms with van der Waals surface area (Å²) in [5.74, 6) is 0.837. The standard InChI is InChI=1S/C14H27NO/c1-12(2)8-10-16-11-9-15-14-7-5-4-6-13(14)3/h13-15H,1,4-11H2,2-3H3. The average molecular weight is 225 g/mol. The molecule has 0 saturated heterocycles. The summed E-state index contributed by atoms with van der Waals surface area (Å²) in [6.45, 7) is 10.9. The van der Waals surface area contributed by atoms with Crippen molar-refractivity contribution in [2.24, 2.45) is 5.92 Å². The van der Waals surface area contributed by atoms with E-state index in [1.54, 1.807) is 0 Å². The van der Waals surface area contributed by atoms with Gasteiger partial charge in [-0.3, -0.25) is 0 Å². The molecule has 0 radical (unpaired) electrons. The quantitative estimate of drug-likeness (QED) is 0.531. The van der Waals surface area contributed by atoms with Gasteiger partial charge in [-0.05, 0) is 32.1 Å². The van der Waals surface area contributed by atoms with Gasteiger partial charge >= 0.3 is 0 Å². The largest absolute Gasteiger partial charge is 0.380 e. The first-order valence-electron chi connectivity index (χ1n) is 6.65. The van der Waals surface area contributed by atoms with Crippen LogP contribution in [0.3, 0.4) is 0 Å². The van der Waals surface area contributed by atoms with E-state index in [4.69, 9.17) is 4.74 Å². The van der Waals surface area contributed by atoms with Gasteiger partial charge in [-0.1, -0.05) is 25.3 Å². The third-order valence-corrected chi connectivity index (χ3v) is 3.44. The number of hydrogen-bond donors (Lipinski definition) is 1. The molecule has 2 atom stereocenters. The topological polar surface area (TPSA) is 21.3 Å². The third-order valence-electron chi connectivity index (χ3n) is 3.44. The molecule has 16 heavy (non-hydrogen) atoms. The van der Waals surface area contributed by atoms with E-state index in [-0.39, 0.29) is 0 Å². The Morgan fingerprint density at radius 1 is 1.31 bits per heavy atom. The zero-order valence-corrected chi connectivity index (χ0v) is 10.9. The van der Waals surface area contributed by atoms with E-state index in [2.05, 4.69) is 18.8 Å².